The third-order valence-electron chi connectivity index (χ3n) is 2.28. The van der Waals surface area contributed by atoms with Crippen molar-refractivity contribution in [2.45, 2.75) is 26.3 Å². The molecule has 0 heterocycles. The van der Waals surface area contributed by atoms with Crippen molar-refractivity contribution in [1.82, 2.24) is 5.32 Å². The Morgan fingerprint density at radius 3 is 2.16 bits per heavy atom. The second-order valence-corrected chi connectivity index (χ2v) is 4.25. The van der Waals surface area contributed by atoms with E-state index >= 15 is 0 Å². The lowest BCUT2D eigenvalue weighted by Gasteiger charge is -2.10. The highest BCUT2D eigenvalue weighted by Gasteiger charge is 2.20. The van der Waals surface area contributed by atoms with Crippen molar-refractivity contribution in [2.75, 3.05) is 11.9 Å². The number of amides is 1. The van der Waals surface area contributed by atoms with Gasteiger partial charge in [-0.3, -0.25) is 4.79 Å². The molecule has 0 bridgehead atoms. The summed E-state index contributed by atoms with van der Waals surface area (Å²) in [5.74, 6) is -7.10. The van der Waals surface area contributed by atoms with Crippen LogP contribution < -0.4 is 10.6 Å². The Morgan fingerprint density at radius 2 is 1.68 bits per heavy atom. The largest absolute Gasteiger partial charge is 0.321 e. The Kier molecular flexibility index (Phi) is 5.29. The number of hydrogen-bond donors (Lipinski definition) is 2. The standard InChI is InChI=1S/C12H14F4N2O/c1-6(2)17-4-3-9(19)18-12-10(15)7(13)5-8(14)11(12)16/h5-6,17H,3-4H2,1-2H3,(H,18,19). The number of nitrogens with one attached hydrogen (secondary N) is 2. The van der Waals surface area contributed by atoms with Crippen molar-refractivity contribution < 1.29 is 22.4 Å². The maximum Gasteiger partial charge on any atom is 0.225 e. The van der Waals surface area contributed by atoms with E-state index in [0.717, 1.165) is 0 Å². The van der Waals surface area contributed by atoms with Crippen LogP contribution in [0.5, 0.6) is 0 Å². The summed E-state index contributed by atoms with van der Waals surface area (Å²) in [5, 5.41) is 4.74. The summed E-state index contributed by atoms with van der Waals surface area (Å²) >= 11 is 0. The van der Waals surface area contributed by atoms with E-state index in [-0.39, 0.29) is 25.1 Å². The molecule has 1 aromatic carbocycles. The van der Waals surface area contributed by atoms with Gasteiger partial charge in [0, 0.05) is 25.1 Å². The Bertz CT molecular complexity index is 451. The number of carbonyl (C=O) groups excluding carboxylic acids is 1. The molecule has 0 fully saturated rings. The van der Waals surface area contributed by atoms with Crippen LogP contribution in [0, 0.1) is 23.3 Å². The first kappa shape index (κ1) is 15.4. The van der Waals surface area contributed by atoms with Crippen molar-refractivity contribution in [2.24, 2.45) is 0 Å². The molecular weight excluding hydrogens is 264 g/mol. The van der Waals surface area contributed by atoms with Gasteiger partial charge in [-0.15, -0.1) is 0 Å². The van der Waals surface area contributed by atoms with Crippen molar-refractivity contribution in [3.8, 4) is 0 Å². The highest BCUT2D eigenvalue weighted by molar-refractivity contribution is 5.91. The minimum Gasteiger partial charge on any atom is -0.321 e. The van der Waals surface area contributed by atoms with Crippen molar-refractivity contribution in [1.29, 1.82) is 0 Å². The van der Waals surface area contributed by atoms with E-state index < -0.39 is 34.9 Å². The van der Waals surface area contributed by atoms with Gasteiger partial charge in [0.05, 0.1) is 0 Å². The first-order chi connectivity index (χ1) is 8.82. The van der Waals surface area contributed by atoms with Crippen LogP contribution in [0.2, 0.25) is 0 Å². The van der Waals surface area contributed by atoms with Crippen molar-refractivity contribution >= 4 is 11.6 Å². The summed E-state index contributed by atoms with van der Waals surface area (Å²) in [7, 11) is 0. The molecule has 106 valence electrons. The van der Waals surface area contributed by atoms with Gasteiger partial charge in [-0.2, -0.15) is 0 Å². The minimum atomic E-state index is -1.62. The number of benzene rings is 1. The molecule has 1 aromatic rings. The quantitative estimate of drug-likeness (QED) is 0.642. The average Bonchev–Trinajstić information content (AvgIpc) is 2.32. The van der Waals surface area contributed by atoms with E-state index in [2.05, 4.69) is 5.32 Å². The molecule has 0 radical (unpaired) electrons. The molecule has 0 aromatic heterocycles. The Labute approximate surface area is 108 Å². The number of rotatable bonds is 5. The zero-order valence-corrected chi connectivity index (χ0v) is 10.5. The number of halogens is 4. The van der Waals surface area contributed by atoms with Crippen LogP contribution in [0.1, 0.15) is 20.3 Å². The Hall–Kier alpha value is -1.63. The lowest BCUT2D eigenvalue weighted by Crippen LogP contribution is -2.27. The van der Waals surface area contributed by atoms with E-state index in [1.807, 2.05) is 19.2 Å². The summed E-state index contributed by atoms with van der Waals surface area (Å²) in [6, 6.07) is 0.230. The van der Waals surface area contributed by atoms with Gasteiger partial charge in [0.15, 0.2) is 23.3 Å². The van der Waals surface area contributed by atoms with Crippen LogP contribution in [-0.4, -0.2) is 18.5 Å². The van der Waals surface area contributed by atoms with Gasteiger partial charge in [0.1, 0.15) is 5.69 Å². The third-order valence-corrected chi connectivity index (χ3v) is 2.28. The smallest absolute Gasteiger partial charge is 0.225 e. The van der Waals surface area contributed by atoms with Gasteiger partial charge < -0.3 is 10.6 Å². The second kappa shape index (κ2) is 6.51. The van der Waals surface area contributed by atoms with Crippen molar-refractivity contribution in [3.05, 3.63) is 29.3 Å². The van der Waals surface area contributed by atoms with Gasteiger partial charge in [-0.1, -0.05) is 13.8 Å². The van der Waals surface area contributed by atoms with E-state index in [0.29, 0.717) is 0 Å². The Balaban J connectivity index is 2.74. The number of hydrogen-bond acceptors (Lipinski definition) is 2. The zero-order valence-electron chi connectivity index (χ0n) is 10.5. The molecule has 0 aliphatic heterocycles. The molecule has 0 saturated carbocycles. The topological polar surface area (TPSA) is 41.1 Å². The molecule has 3 nitrogen and oxygen atoms in total. The third kappa shape index (κ3) is 4.20. The average molecular weight is 278 g/mol. The van der Waals surface area contributed by atoms with Gasteiger partial charge in [0.2, 0.25) is 5.91 Å². The first-order valence-electron chi connectivity index (χ1n) is 5.69. The summed E-state index contributed by atoms with van der Waals surface area (Å²) < 4.78 is 52.2. The van der Waals surface area contributed by atoms with Crippen LogP contribution in [0.25, 0.3) is 0 Å². The molecular formula is C12H14F4N2O. The van der Waals surface area contributed by atoms with E-state index in [4.69, 9.17) is 0 Å². The van der Waals surface area contributed by atoms with Crippen LogP contribution in [0.3, 0.4) is 0 Å². The van der Waals surface area contributed by atoms with Crippen molar-refractivity contribution in [3.63, 3.8) is 0 Å². The number of anilines is 1. The van der Waals surface area contributed by atoms with Crippen LogP contribution >= 0.6 is 0 Å². The summed E-state index contributed by atoms with van der Waals surface area (Å²) in [5.41, 5.74) is -1.10. The van der Waals surface area contributed by atoms with Crippen LogP contribution in [0.15, 0.2) is 6.07 Å². The lowest BCUT2D eigenvalue weighted by molar-refractivity contribution is -0.116. The second-order valence-electron chi connectivity index (χ2n) is 4.25. The normalized spacial score (nSPS) is 10.9. The van der Waals surface area contributed by atoms with Crippen LogP contribution in [0.4, 0.5) is 23.2 Å². The molecule has 0 saturated heterocycles. The van der Waals surface area contributed by atoms with E-state index in [9.17, 15) is 22.4 Å². The van der Waals surface area contributed by atoms with E-state index in [1.165, 1.54) is 0 Å². The predicted octanol–water partition coefficient (Wildman–Crippen LogP) is 2.57. The van der Waals surface area contributed by atoms with Gasteiger partial charge in [-0.25, -0.2) is 17.6 Å². The van der Waals surface area contributed by atoms with Crippen LogP contribution in [-0.2, 0) is 4.79 Å². The zero-order chi connectivity index (χ0) is 14.6. The first-order valence-corrected chi connectivity index (χ1v) is 5.69. The minimum absolute atomic E-state index is 0.0742. The molecule has 7 heteroatoms. The molecule has 0 aliphatic carbocycles. The molecule has 0 unspecified atom stereocenters. The van der Waals surface area contributed by atoms with Gasteiger partial charge >= 0.3 is 0 Å². The monoisotopic (exact) mass is 278 g/mol. The molecule has 0 spiro atoms. The molecule has 19 heavy (non-hydrogen) atoms. The molecule has 0 aliphatic rings. The maximum absolute atomic E-state index is 13.2. The SMILES string of the molecule is CC(C)NCCC(=O)Nc1c(F)c(F)cc(F)c1F. The van der Waals surface area contributed by atoms with E-state index in [1.54, 1.807) is 0 Å². The molecule has 2 N–H and O–H groups in total. The summed E-state index contributed by atoms with van der Waals surface area (Å²) in [4.78, 5) is 11.4. The predicted molar refractivity (Wildman–Crippen MR) is 62.7 cm³/mol. The van der Waals surface area contributed by atoms with Gasteiger partial charge in [-0.05, 0) is 0 Å². The maximum atomic E-state index is 13.2. The summed E-state index contributed by atoms with van der Waals surface area (Å²) in [6.45, 7) is 4.00. The fourth-order valence-corrected chi connectivity index (χ4v) is 1.36. The molecule has 1 rings (SSSR count). The fourth-order valence-electron chi connectivity index (χ4n) is 1.36. The van der Waals surface area contributed by atoms with Gasteiger partial charge in [0.25, 0.3) is 0 Å². The highest BCUT2D eigenvalue weighted by atomic mass is 19.2. The molecule has 1 amide bonds. The molecule has 0 atom stereocenters. The number of carbonyl (C=O) groups is 1. The fraction of sp³-hybridized carbons (Fsp3) is 0.417. The highest BCUT2D eigenvalue weighted by Crippen LogP contribution is 2.24. The Morgan fingerprint density at radius 1 is 1.16 bits per heavy atom. The lowest BCUT2D eigenvalue weighted by atomic mass is 10.2. The summed E-state index contributed by atoms with van der Waals surface area (Å²) in [6.07, 6.45) is -0.0742.